The van der Waals surface area contributed by atoms with Crippen LogP contribution in [-0.2, 0) is 5.75 Å². The van der Waals surface area contributed by atoms with Crippen LogP contribution < -0.4 is 16.4 Å². The largest absolute Gasteiger partial charge is 0.375 e. The number of hydrogen-bond donors (Lipinski definition) is 3. The highest BCUT2D eigenvalue weighted by Gasteiger charge is 2.04. The SMILES string of the molecule is CNc1nsnc1NCCSCc1csc(N)n1. The molecule has 0 atom stereocenters. The van der Waals surface area contributed by atoms with E-state index in [1.807, 2.05) is 24.2 Å². The number of nitrogens with zero attached hydrogens (tertiary/aromatic N) is 3. The van der Waals surface area contributed by atoms with Crippen LogP contribution >= 0.6 is 34.8 Å². The molecule has 0 aliphatic carbocycles. The number of nitrogens with two attached hydrogens (primary N) is 1. The molecule has 0 unspecified atom stereocenters. The predicted octanol–water partition coefficient (Wildman–Crippen LogP) is 1.96. The first-order valence-corrected chi connectivity index (χ1v) is 8.08. The molecule has 2 rings (SSSR count). The smallest absolute Gasteiger partial charge is 0.184 e. The normalized spacial score (nSPS) is 10.5. The van der Waals surface area contributed by atoms with Crippen LogP contribution in [0.4, 0.5) is 16.8 Å². The van der Waals surface area contributed by atoms with Crippen molar-refractivity contribution in [2.45, 2.75) is 5.75 Å². The molecule has 0 aliphatic heterocycles. The van der Waals surface area contributed by atoms with E-state index >= 15 is 0 Å². The monoisotopic (exact) mass is 302 g/mol. The zero-order chi connectivity index (χ0) is 12.8. The minimum atomic E-state index is 0.635. The van der Waals surface area contributed by atoms with E-state index in [0.717, 1.165) is 35.4 Å². The van der Waals surface area contributed by atoms with E-state index in [4.69, 9.17) is 5.73 Å². The third kappa shape index (κ3) is 3.72. The van der Waals surface area contributed by atoms with Crippen molar-refractivity contribution in [1.29, 1.82) is 0 Å². The summed E-state index contributed by atoms with van der Waals surface area (Å²) in [5, 5.41) is 8.87. The van der Waals surface area contributed by atoms with Gasteiger partial charge in [-0.3, -0.25) is 0 Å². The number of nitrogen functional groups attached to an aromatic ring is 1. The highest BCUT2D eigenvalue weighted by molar-refractivity contribution is 7.98. The van der Waals surface area contributed by atoms with Gasteiger partial charge in [0, 0.05) is 30.5 Å². The Kier molecular flexibility index (Phi) is 5.02. The van der Waals surface area contributed by atoms with E-state index < -0.39 is 0 Å². The first-order valence-electron chi connectivity index (χ1n) is 5.31. The van der Waals surface area contributed by atoms with Gasteiger partial charge in [0.05, 0.1) is 17.4 Å². The molecule has 0 saturated heterocycles. The van der Waals surface area contributed by atoms with E-state index in [-0.39, 0.29) is 0 Å². The van der Waals surface area contributed by atoms with Crippen molar-refractivity contribution in [2.75, 3.05) is 35.7 Å². The van der Waals surface area contributed by atoms with Crippen molar-refractivity contribution >= 4 is 51.6 Å². The second-order valence-electron chi connectivity index (χ2n) is 3.37. The molecule has 18 heavy (non-hydrogen) atoms. The molecule has 0 radical (unpaired) electrons. The van der Waals surface area contributed by atoms with Crippen LogP contribution in [0.1, 0.15) is 5.69 Å². The quantitative estimate of drug-likeness (QED) is 0.674. The summed E-state index contributed by atoms with van der Waals surface area (Å²) in [6, 6.07) is 0. The van der Waals surface area contributed by atoms with Gasteiger partial charge in [-0.2, -0.15) is 20.5 Å². The molecule has 0 spiro atoms. The molecule has 0 aromatic carbocycles. The lowest BCUT2D eigenvalue weighted by atomic mass is 10.6. The summed E-state index contributed by atoms with van der Waals surface area (Å²) in [5.41, 5.74) is 6.62. The van der Waals surface area contributed by atoms with E-state index in [0.29, 0.717) is 5.13 Å². The molecule has 0 fully saturated rings. The maximum absolute atomic E-state index is 5.57. The first-order chi connectivity index (χ1) is 8.79. The fourth-order valence-electron chi connectivity index (χ4n) is 1.28. The summed E-state index contributed by atoms with van der Waals surface area (Å²) < 4.78 is 8.28. The zero-order valence-electron chi connectivity index (χ0n) is 9.84. The second kappa shape index (κ2) is 6.76. The molecule has 4 N–H and O–H groups in total. The van der Waals surface area contributed by atoms with Crippen LogP contribution in [0.15, 0.2) is 5.38 Å². The Morgan fingerprint density at radius 1 is 1.39 bits per heavy atom. The lowest BCUT2D eigenvalue weighted by Crippen LogP contribution is -2.06. The van der Waals surface area contributed by atoms with Gasteiger partial charge in [-0.1, -0.05) is 0 Å². The Balaban J connectivity index is 1.64. The number of nitrogens with one attached hydrogen (secondary N) is 2. The van der Waals surface area contributed by atoms with Crippen LogP contribution in [0.2, 0.25) is 0 Å². The van der Waals surface area contributed by atoms with Gasteiger partial charge in [0.25, 0.3) is 0 Å². The number of thioether (sulfide) groups is 1. The molecule has 0 amide bonds. The fourth-order valence-corrected chi connectivity index (χ4v) is 3.22. The second-order valence-corrected chi connectivity index (χ2v) is 5.89. The van der Waals surface area contributed by atoms with Gasteiger partial charge in [0.2, 0.25) is 0 Å². The van der Waals surface area contributed by atoms with Crippen LogP contribution in [-0.4, -0.2) is 33.1 Å². The number of anilines is 3. The third-order valence-electron chi connectivity index (χ3n) is 2.08. The molecule has 2 aromatic heterocycles. The van der Waals surface area contributed by atoms with Crippen molar-refractivity contribution < 1.29 is 0 Å². The van der Waals surface area contributed by atoms with Crippen molar-refractivity contribution in [1.82, 2.24) is 13.7 Å². The standard InChI is InChI=1S/C9H14N6S3/c1-11-7-8(15-18-14-7)12-2-3-16-4-6-5-17-9(10)13-6/h5H,2-4H2,1H3,(H2,10,13)(H,11,14)(H,12,15). The predicted molar refractivity (Wildman–Crippen MR) is 80.6 cm³/mol. The van der Waals surface area contributed by atoms with E-state index in [1.54, 1.807) is 0 Å². The molecule has 0 bridgehead atoms. The molecular weight excluding hydrogens is 288 g/mol. The minimum absolute atomic E-state index is 0.635. The fraction of sp³-hybridized carbons (Fsp3) is 0.444. The highest BCUT2D eigenvalue weighted by atomic mass is 32.2. The van der Waals surface area contributed by atoms with E-state index in [2.05, 4.69) is 24.4 Å². The van der Waals surface area contributed by atoms with Gasteiger partial charge < -0.3 is 16.4 Å². The molecule has 2 heterocycles. The number of hydrogen-bond acceptors (Lipinski definition) is 9. The van der Waals surface area contributed by atoms with Gasteiger partial charge in [0.15, 0.2) is 16.8 Å². The molecule has 9 heteroatoms. The molecule has 0 aliphatic rings. The van der Waals surface area contributed by atoms with Gasteiger partial charge in [-0.25, -0.2) is 4.98 Å². The summed E-state index contributed by atoms with van der Waals surface area (Å²) in [6.07, 6.45) is 0. The topological polar surface area (TPSA) is 88.8 Å². The van der Waals surface area contributed by atoms with Crippen molar-refractivity contribution in [3.05, 3.63) is 11.1 Å². The molecule has 98 valence electrons. The maximum atomic E-state index is 5.57. The van der Waals surface area contributed by atoms with Gasteiger partial charge in [-0.15, -0.1) is 11.3 Å². The van der Waals surface area contributed by atoms with Crippen LogP contribution in [0.25, 0.3) is 0 Å². The first kappa shape index (κ1) is 13.4. The van der Waals surface area contributed by atoms with Crippen LogP contribution in [0, 0.1) is 0 Å². The van der Waals surface area contributed by atoms with Gasteiger partial charge in [-0.05, 0) is 0 Å². The lowest BCUT2D eigenvalue weighted by Gasteiger charge is -2.03. The Bertz CT molecular complexity index is 482. The maximum Gasteiger partial charge on any atom is 0.184 e. The minimum Gasteiger partial charge on any atom is -0.375 e. The Morgan fingerprint density at radius 3 is 2.94 bits per heavy atom. The Labute approximate surface area is 118 Å². The average Bonchev–Trinajstić information content (AvgIpc) is 2.97. The van der Waals surface area contributed by atoms with Crippen LogP contribution in [0.5, 0.6) is 0 Å². The Morgan fingerprint density at radius 2 is 2.22 bits per heavy atom. The van der Waals surface area contributed by atoms with Crippen molar-refractivity contribution in [2.24, 2.45) is 0 Å². The molecule has 2 aromatic rings. The van der Waals surface area contributed by atoms with Crippen molar-refractivity contribution in [3.8, 4) is 0 Å². The van der Waals surface area contributed by atoms with Gasteiger partial charge in [0.1, 0.15) is 0 Å². The summed E-state index contributed by atoms with van der Waals surface area (Å²) >= 11 is 4.50. The van der Waals surface area contributed by atoms with Crippen LogP contribution in [0.3, 0.4) is 0 Å². The molecular formula is C9H14N6S3. The molecule has 6 nitrogen and oxygen atoms in total. The van der Waals surface area contributed by atoms with Gasteiger partial charge >= 0.3 is 0 Å². The number of thiazole rings is 1. The summed E-state index contributed by atoms with van der Waals surface area (Å²) in [4.78, 5) is 4.21. The highest BCUT2D eigenvalue weighted by Crippen LogP contribution is 2.19. The van der Waals surface area contributed by atoms with E-state index in [9.17, 15) is 0 Å². The number of aromatic nitrogens is 3. The summed E-state index contributed by atoms with van der Waals surface area (Å²) in [7, 11) is 1.84. The Hall–Kier alpha value is -1.06. The number of rotatable bonds is 7. The lowest BCUT2D eigenvalue weighted by molar-refractivity contribution is 1.18. The molecule has 0 saturated carbocycles. The third-order valence-corrected chi connectivity index (χ3v) is 4.33. The summed E-state index contributed by atoms with van der Waals surface area (Å²) in [5.74, 6) is 3.50. The van der Waals surface area contributed by atoms with Crippen molar-refractivity contribution in [3.63, 3.8) is 0 Å². The van der Waals surface area contributed by atoms with E-state index in [1.165, 1.54) is 23.1 Å². The average molecular weight is 302 g/mol. The summed E-state index contributed by atoms with van der Waals surface area (Å²) in [6.45, 7) is 0.852. The zero-order valence-corrected chi connectivity index (χ0v) is 12.3.